The topological polar surface area (TPSA) is 126 Å². The van der Waals surface area contributed by atoms with Crippen LogP contribution in [-0.4, -0.2) is 72.6 Å². The number of benzene rings is 2. The Bertz CT molecular complexity index is 1230. The van der Waals surface area contributed by atoms with Crippen LogP contribution in [0.2, 0.25) is 0 Å². The second kappa shape index (κ2) is 15.8. The lowest BCUT2D eigenvalue weighted by molar-refractivity contribution is -0.145. The smallest absolute Gasteiger partial charge is 0.328 e. The monoisotopic (exact) mass is 609 g/mol. The lowest BCUT2D eigenvalue weighted by Crippen LogP contribution is -2.46. The maximum atomic E-state index is 14.0. The van der Waals surface area contributed by atoms with Crippen molar-refractivity contribution in [2.45, 2.75) is 50.7 Å². The van der Waals surface area contributed by atoms with E-state index in [1.165, 1.54) is 16.7 Å². The number of carbonyl (C=O) groups excluding carboxylic acids is 3. The van der Waals surface area contributed by atoms with E-state index in [1.54, 1.807) is 7.05 Å². The predicted molar refractivity (Wildman–Crippen MR) is 156 cm³/mol. The van der Waals surface area contributed by atoms with Gasteiger partial charge in [-0.15, -0.1) is 11.8 Å². The zero-order valence-corrected chi connectivity index (χ0v) is 24.7. The molecule has 1 heterocycles. The molecule has 3 atom stereocenters. The molecule has 0 saturated carbocycles. The van der Waals surface area contributed by atoms with Crippen molar-refractivity contribution in [3.63, 3.8) is 0 Å². The van der Waals surface area contributed by atoms with E-state index >= 15 is 0 Å². The van der Waals surface area contributed by atoms with Gasteiger partial charge in [-0.25, -0.2) is 18.0 Å². The molecule has 1 unspecified atom stereocenters. The van der Waals surface area contributed by atoms with Crippen molar-refractivity contribution in [2.75, 3.05) is 37.8 Å². The fraction of sp³-hybridized carbons (Fsp3) is 0.483. The van der Waals surface area contributed by atoms with Gasteiger partial charge < -0.3 is 31.3 Å². The van der Waals surface area contributed by atoms with Gasteiger partial charge >= 0.3 is 5.97 Å². The lowest BCUT2D eigenvalue weighted by Gasteiger charge is -2.24. The number of hydrogen-bond donors (Lipinski definition) is 4. The van der Waals surface area contributed by atoms with Crippen LogP contribution in [0.1, 0.15) is 31.4 Å². The normalized spacial score (nSPS) is 16.3. The van der Waals surface area contributed by atoms with E-state index < -0.39 is 34.9 Å². The number of thioether (sulfide) groups is 1. The first-order valence-electron chi connectivity index (χ1n) is 13.7. The first-order valence-corrected chi connectivity index (χ1v) is 14.8. The molecule has 42 heavy (non-hydrogen) atoms. The van der Waals surface area contributed by atoms with E-state index in [9.17, 15) is 27.6 Å². The third-order valence-corrected chi connectivity index (χ3v) is 7.91. The molecule has 1 aliphatic heterocycles. The number of likely N-dealkylation sites (N-methyl/N-ethyl adjacent to an activating group) is 1. The summed E-state index contributed by atoms with van der Waals surface area (Å²) in [6.45, 7) is 5.28. The number of anilines is 1. The highest BCUT2D eigenvalue weighted by Crippen LogP contribution is 2.26. The SMILES string of the molecule is CNCCOC(=O)C(Nc1ccc(CNC(=O)[C@@H]2SCCN2C(=O)C[C@H](N)Cc2cc(F)c(F)cc2F)cc1)C(C)C. The Hall–Kier alpha value is -3.29. The summed E-state index contributed by atoms with van der Waals surface area (Å²) in [6.07, 6.45) is -0.343. The number of nitrogens with two attached hydrogens (primary N) is 1. The molecule has 5 N–H and O–H groups in total. The van der Waals surface area contributed by atoms with Gasteiger partial charge in [-0.2, -0.15) is 0 Å². The molecule has 230 valence electrons. The summed E-state index contributed by atoms with van der Waals surface area (Å²) in [7, 11) is 1.78. The van der Waals surface area contributed by atoms with Crippen LogP contribution in [0.25, 0.3) is 0 Å². The number of esters is 1. The Morgan fingerprint density at radius 1 is 1.10 bits per heavy atom. The fourth-order valence-electron chi connectivity index (χ4n) is 4.38. The van der Waals surface area contributed by atoms with Gasteiger partial charge in [0, 0.05) is 49.6 Å². The van der Waals surface area contributed by atoms with Crippen LogP contribution in [0.3, 0.4) is 0 Å². The van der Waals surface area contributed by atoms with E-state index in [-0.39, 0.29) is 55.3 Å². The van der Waals surface area contributed by atoms with E-state index in [0.717, 1.165) is 17.3 Å². The van der Waals surface area contributed by atoms with Crippen LogP contribution < -0.4 is 21.7 Å². The number of amides is 2. The Labute approximate surface area is 248 Å². The molecule has 1 saturated heterocycles. The van der Waals surface area contributed by atoms with Crippen molar-refractivity contribution >= 4 is 35.2 Å². The molecule has 13 heteroatoms. The van der Waals surface area contributed by atoms with E-state index in [2.05, 4.69) is 16.0 Å². The summed E-state index contributed by atoms with van der Waals surface area (Å²) in [5, 5.41) is 8.24. The highest BCUT2D eigenvalue weighted by atomic mass is 32.2. The second-order valence-electron chi connectivity index (χ2n) is 10.4. The van der Waals surface area contributed by atoms with Crippen molar-refractivity contribution in [3.05, 3.63) is 65.0 Å². The minimum Gasteiger partial charge on any atom is -0.463 e. The average molecular weight is 610 g/mol. The third kappa shape index (κ3) is 9.36. The molecule has 0 radical (unpaired) electrons. The van der Waals surface area contributed by atoms with Crippen LogP contribution in [0.5, 0.6) is 0 Å². The lowest BCUT2D eigenvalue weighted by atomic mass is 10.0. The molecule has 0 aliphatic carbocycles. The second-order valence-corrected chi connectivity index (χ2v) is 11.6. The first kappa shape index (κ1) is 33.2. The summed E-state index contributed by atoms with van der Waals surface area (Å²) in [4.78, 5) is 39.7. The molecule has 0 spiro atoms. The van der Waals surface area contributed by atoms with Gasteiger partial charge in [0.15, 0.2) is 17.0 Å². The summed E-state index contributed by atoms with van der Waals surface area (Å²) < 4.78 is 46.0. The van der Waals surface area contributed by atoms with Gasteiger partial charge in [0.1, 0.15) is 18.5 Å². The fourth-order valence-corrected chi connectivity index (χ4v) is 5.54. The first-order chi connectivity index (χ1) is 20.0. The number of ether oxygens (including phenoxy) is 1. The number of nitrogens with one attached hydrogen (secondary N) is 3. The Morgan fingerprint density at radius 3 is 2.45 bits per heavy atom. The van der Waals surface area contributed by atoms with Gasteiger partial charge in [-0.1, -0.05) is 26.0 Å². The van der Waals surface area contributed by atoms with Crippen molar-refractivity contribution in [3.8, 4) is 0 Å². The highest BCUT2D eigenvalue weighted by Gasteiger charge is 2.35. The molecule has 1 aliphatic rings. The summed E-state index contributed by atoms with van der Waals surface area (Å²) in [5.74, 6) is -3.90. The third-order valence-electron chi connectivity index (χ3n) is 6.70. The number of rotatable bonds is 14. The largest absolute Gasteiger partial charge is 0.463 e. The van der Waals surface area contributed by atoms with E-state index in [0.29, 0.717) is 24.9 Å². The maximum absolute atomic E-state index is 14.0. The molecule has 2 aromatic carbocycles. The van der Waals surface area contributed by atoms with Crippen LogP contribution in [0, 0.1) is 23.4 Å². The molecule has 3 rings (SSSR count). The Morgan fingerprint density at radius 2 is 1.79 bits per heavy atom. The quantitative estimate of drug-likeness (QED) is 0.146. The standard InChI is InChI=1S/C29H38F3N5O4S/c1-17(2)26(29(40)41-10-8-34-3)36-21-6-4-18(5-7-21)16-35-27(39)28-37(9-11-42-28)25(38)14-20(33)12-19-13-23(31)24(32)15-22(19)30/h4-7,13,15,17,20,26,28,34,36H,8-12,14,16,33H2,1-3H3,(H,35,39)/t20-,26?,28+/m1/s1. The molecular formula is C29H38F3N5O4S. The van der Waals surface area contributed by atoms with Gasteiger partial charge in [-0.3, -0.25) is 9.59 Å². The maximum Gasteiger partial charge on any atom is 0.328 e. The zero-order valence-electron chi connectivity index (χ0n) is 23.9. The molecule has 9 nitrogen and oxygen atoms in total. The minimum absolute atomic E-state index is 0.00208. The number of halogens is 3. The zero-order chi connectivity index (χ0) is 30.8. The van der Waals surface area contributed by atoms with Crippen LogP contribution >= 0.6 is 11.8 Å². The molecule has 2 aromatic rings. The van der Waals surface area contributed by atoms with Gasteiger partial charge in [0.2, 0.25) is 5.91 Å². The summed E-state index contributed by atoms with van der Waals surface area (Å²) >= 11 is 1.32. The van der Waals surface area contributed by atoms with Crippen LogP contribution in [0.15, 0.2) is 36.4 Å². The number of nitrogens with zero attached hydrogens (tertiary/aromatic N) is 1. The van der Waals surface area contributed by atoms with Gasteiger partial charge in [0.05, 0.1) is 0 Å². The molecule has 2 amide bonds. The van der Waals surface area contributed by atoms with Crippen molar-refractivity contribution in [1.82, 2.24) is 15.5 Å². The minimum atomic E-state index is -1.30. The summed E-state index contributed by atoms with van der Waals surface area (Å²) in [5.41, 5.74) is 7.45. The van der Waals surface area contributed by atoms with E-state index in [1.807, 2.05) is 38.1 Å². The van der Waals surface area contributed by atoms with E-state index in [4.69, 9.17) is 10.5 Å². The Kier molecular flexibility index (Phi) is 12.5. The molecular weight excluding hydrogens is 571 g/mol. The molecule has 0 aromatic heterocycles. The van der Waals surface area contributed by atoms with Gasteiger partial charge in [0.25, 0.3) is 5.91 Å². The number of carbonyl (C=O) groups is 3. The molecule has 1 fully saturated rings. The number of hydrogen-bond acceptors (Lipinski definition) is 8. The average Bonchev–Trinajstić information content (AvgIpc) is 3.44. The predicted octanol–water partition coefficient (Wildman–Crippen LogP) is 2.78. The van der Waals surface area contributed by atoms with Crippen LogP contribution in [-0.2, 0) is 32.1 Å². The van der Waals surface area contributed by atoms with Crippen molar-refractivity contribution in [2.24, 2.45) is 11.7 Å². The van der Waals surface area contributed by atoms with Crippen LogP contribution in [0.4, 0.5) is 18.9 Å². The highest BCUT2D eigenvalue weighted by molar-refractivity contribution is 8.00. The molecule has 0 bridgehead atoms. The summed E-state index contributed by atoms with van der Waals surface area (Å²) in [6, 6.07) is 7.11. The Balaban J connectivity index is 1.51. The van der Waals surface area contributed by atoms with Crippen molar-refractivity contribution in [1.29, 1.82) is 0 Å². The van der Waals surface area contributed by atoms with Crippen molar-refractivity contribution < 1.29 is 32.3 Å². The van der Waals surface area contributed by atoms with Gasteiger partial charge in [-0.05, 0) is 48.7 Å².